The van der Waals surface area contributed by atoms with Crippen molar-refractivity contribution in [1.29, 1.82) is 0 Å². The van der Waals surface area contributed by atoms with Crippen LogP contribution in [0.5, 0.6) is 0 Å². The van der Waals surface area contributed by atoms with Crippen LogP contribution < -0.4 is 33.4 Å². The lowest BCUT2D eigenvalue weighted by atomic mass is 9.56. The molecule has 3 unspecified atom stereocenters. The standard InChI is InChI=1S/C10H16N2O2.C8H15N3O2.C8H15NO.C5H12/c11-9(14)12-8-7(13)6-10(8)4-2-1-3-5-10;9-8(13)7(12)6(11-10)4-5-2-1-3-5;1-6(2)7-3-8(5-10)9-4-7;1-4-5(2)3/h8H,1-6H2,(H3,11,12,14);5-6,11H,1-4,10H2,(H2,9,13);5-9H,3-4H2,1-2H3;5H,4H2,1-3H3/t;;7-,8?;/m..1./s1. The lowest BCUT2D eigenvalue weighted by Crippen LogP contribution is -2.63. The molecule has 4 rings (SSSR count). The normalized spacial score (nSPS) is 24.9. The highest BCUT2D eigenvalue weighted by Gasteiger charge is 2.53. The Labute approximate surface area is 252 Å². The molecule has 0 aromatic heterocycles. The molecule has 0 aromatic carbocycles. The van der Waals surface area contributed by atoms with Crippen LogP contribution >= 0.6 is 0 Å². The minimum Gasteiger partial charge on any atom is -0.363 e. The van der Waals surface area contributed by atoms with Gasteiger partial charge in [0.05, 0.1) is 18.1 Å². The Morgan fingerprint density at radius 1 is 1.05 bits per heavy atom. The fraction of sp³-hybridized carbons (Fsp3) is 0.839. The summed E-state index contributed by atoms with van der Waals surface area (Å²) < 4.78 is 0. The number of aldehydes is 1. The van der Waals surface area contributed by atoms with Gasteiger partial charge in [-0.05, 0) is 55.9 Å². The summed E-state index contributed by atoms with van der Waals surface area (Å²) in [6, 6.07) is -1.33. The molecule has 0 aromatic rings. The van der Waals surface area contributed by atoms with E-state index in [0.717, 1.165) is 50.9 Å². The highest BCUT2D eigenvalue weighted by atomic mass is 16.2. The third-order valence-electron chi connectivity index (χ3n) is 9.27. The van der Waals surface area contributed by atoms with Gasteiger partial charge < -0.3 is 26.9 Å². The summed E-state index contributed by atoms with van der Waals surface area (Å²) >= 11 is 0. The molecule has 4 atom stereocenters. The lowest BCUT2D eigenvalue weighted by Gasteiger charge is -2.50. The fourth-order valence-corrected chi connectivity index (χ4v) is 5.75. The van der Waals surface area contributed by atoms with Crippen LogP contribution in [0.4, 0.5) is 4.79 Å². The minimum absolute atomic E-state index is 0.0599. The van der Waals surface area contributed by atoms with E-state index in [1.807, 2.05) is 0 Å². The van der Waals surface area contributed by atoms with Crippen molar-refractivity contribution < 1.29 is 24.0 Å². The molecule has 4 fully saturated rings. The molecule has 0 bridgehead atoms. The van der Waals surface area contributed by atoms with E-state index in [2.05, 4.69) is 50.7 Å². The summed E-state index contributed by atoms with van der Waals surface area (Å²) in [7, 11) is 0. The van der Waals surface area contributed by atoms with Crippen molar-refractivity contribution in [2.45, 2.75) is 130 Å². The Balaban J connectivity index is 0.000000295. The van der Waals surface area contributed by atoms with Gasteiger partial charge in [0.25, 0.3) is 5.91 Å². The predicted molar refractivity (Wildman–Crippen MR) is 165 cm³/mol. The van der Waals surface area contributed by atoms with Gasteiger partial charge in [0.15, 0.2) is 5.78 Å². The molecule has 11 heteroatoms. The number of amides is 3. The van der Waals surface area contributed by atoms with Gasteiger partial charge in [-0.1, -0.05) is 79.6 Å². The SMILES string of the molecule is CC(C)[C@H]1CNC(C=O)C1.CCC(C)C.NC(=O)NC1C(=O)CC12CCCCC2.NNC(CC1CCC1)C(=O)C(N)=O. The largest absolute Gasteiger partial charge is 0.363 e. The van der Waals surface area contributed by atoms with Gasteiger partial charge in [0.2, 0.25) is 5.78 Å². The van der Waals surface area contributed by atoms with E-state index in [-0.39, 0.29) is 23.3 Å². The number of ketones is 2. The molecule has 1 saturated heterocycles. The number of urea groups is 1. The van der Waals surface area contributed by atoms with Gasteiger partial charge in [0, 0.05) is 11.8 Å². The average Bonchev–Trinajstić information content (AvgIpc) is 3.43. The third kappa shape index (κ3) is 12.5. The molecular weight excluding hydrogens is 536 g/mol. The molecule has 3 saturated carbocycles. The number of nitrogens with two attached hydrogens (primary N) is 3. The number of hydrogen-bond donors (Lipinski definition) is 6. The van der Waals surface area contributed by atoms with E-state index < -0.39 is 23.8 Å². The molecule has 1 heterocycles. The van der Waals surface area contributed by atoms with Crippen LogP contribution in [-0.4, -0.2) is 54.5 Å². The molecule has 1 aliphatic heterocycles. The van der Waals surface area contributed by atoms with E-state index in [9.17, 15) is 24.0 Å². The Hall–Kier alpha value is -2.37. The molecule has 4 aliphatic rings. The molecule has 3 aliphatic carbocycles. The minimum atomic E-state index is -0.915. The van der Waals surface area contributed by atoms with Crippen LogP contribution in [0.15, 0.2) is 0 Å². The highest BCUT2D eigenvalue weighted by Crippen LogP contribution is 2.49. The van der Waals surface area contributed by atoms with Crippen molar-refractivity contribution >= 4 is 29.8 Å². The molecular formula is C31H58N6O5. The van der Waals surface area contributed by atoms with E-state index in [1.54, 1.807) is 0 Å². The number of carbonyl (C=O) groups excluding carboxylic acids is 5. The zero-order valence-electron chi connectivity index (χ0n) is 26.6. The van der Waals surface area contributed by atoms with Crippen molar-refractivity contribution in [2.75, 3.05) is 6.54 Å². The van der Waals surface area contributed by atoms with Crippen LogP contribution in [-0.2, 0) is 19.2 Å². The summed E-state index contributed by atoms with van der Waals surface area (Å²) in [6.07, 6.45) is 13.8. The Kier molecular flexibility index (Phi) is 17.1. The number of rotatable bonds is 9. The van der Waals surface area contributed by atoms with E-state index >= 15 is 0 Å². The zero-order valence-corrected chi connectivity index (χ0v) is 26.6. The molecule has 42 heavy (non-hydrogen) atoms. The second-order valence-corrected chi connectivity index (χ2v) is 13.2. The first kappa shape index (κ1) is 37.7. The molecule has 9 N–H and O–H groups in total. The number of hydrogen-bond acceptors (Lipinski definition) is 8. The molecule has 3 amide bonds. The van der Waals surface area contributed by atoms with Crippen LogP contribution in [0.3, 0.4) is 0 Å². The van der Waals surface area contributed by atoms with E-state index in [0.29, 0.717) is 30.6 Å². The predicted octanol–water partition coefficient (Wildman–Crippen LogP) is 2.88. The topological polar surface area (TPSA) is 199 Å². The monoisotopic (exact) mass is 594 g/mol. The number of carbonyl (C=O) groups is 5. The van der Waals surface area contributed by atoms with E-state index in [1.165, 1.54) is 32.1 Å². The van der Waals surface area contributed by atoms with Gasteiger partial charge in [-0.2, -0.15) is 0 Å². The summed E-state index contributed by atoms with van der Waals surface area (Å²) in [4.78, 5) is 54.1. The number of primary amides is 2. The second kappa shape index (κ2) is 19.0. The van der Waals surface area contributed by atoms with Gasteiger partial charge in [0.1, 0.15) is 6.29 Å². The Morgan fingerprint density at radius 2 is 1.64 bits per heavy atom. The first-order chi connectivity index (χ1) is 19.8. The third-order valence-corrected chi connectivity index (χ3v) is 9.27. The maximum Gasteiger partial charge on any atom is 0.312 e. The smallest absolute Gasteiger partial charge is 0.312 e. The second-order valence-electron chi connectivity index (χ2n) is 13.2. The Bertz CT molecular complexity index is 870. The number of nitrogens with one attached hydrogen (secondary N) is 3. The quantitative estimate of drug-likeness (QED) is 0.101. The van der Waals surface area contributed by atoms with Crippen molar-refractivity contribution in [2.24, 2.45) is 46.4 Å². The maximum absolute atomic E-state index is 11.4. The van der Waals surface area contributed by atoms with Crippen molar-refractivity contribution in [3.63, 3.8) is 0 Å². The summed E-state index contributed by atoms with van der Waals surface area (Å²) in [5.41, 5.74) is 12.3. The van der Waals surface area contributed by atoms with Crippen LogP contribution in [0.1, 0.15) is 112 Å². The number of Topliss-reactive ketones (excluding diaryl/α,β-unsaturated/α-hetero) is 2. The zero-order chi connectivity index (χ0) is 31.9. The Morgan fingerprint density at radius 3 is 1.98 bits per heavy atom. The molecule has 242 valence electrons. The molecule has 11 nitrogen and oxygen atoms in total. The van der Waals surface area contributed by atoms with Gasteiger partial charge >= 0.3 is 6.03 Å². The van der Waals surface area contributed by atoms with E-state index in [4.69, 9.17) is 17.3 Å². The van der Waals surface area contributed by atoms with Crippen molar-refractivity contribution in [3.05, 3.63) is 0 Å². The molecule has 0 radical (unpaired) electrons. The lowest BCUT2D eigenvalue weighted by molar-refractivity contribution is -0.139. The molecule has 1 spiro atoms. The number of hydrazine groups is 1. The van der Waals surface area contributed by atoms with Crippen LogP contribution in [0.25, 0.3) is 0 Å². The highest BCUT2D eigenvalue weighted by molar-refractivity contribution is 6.37. The van der Waals surface area contributed by atoms with Gasteiger partial charge in [-0.25, -0.2) is 10.2 Å². The summed E-state index contributed by atoms with van der Waals surface area (Å²) in [6.45, 7) is 12.1. The maximum atomic E-state index is 11.4. The van der Waals surface area contributed by atoms with Gasteiger partial charge in [-0.15, -0.1) is 0 Å². The van der Waals surface area contributed by atoms with Gasteiger partial charge in [-0.3, -0.25) is 20.2 Å². The fourth-order valence-electron chi connectivity index (χ4n) is 5.75. The van der Waals surface area contributed by atoms with Crippen LogP contribution in [0.2, 0.25) is 0 Å². The summed E-state index contributed by atoms with van der Waals surface area (Å²) in [5.74, 6) is 6.59. The summed E-state index contributed by atoms with van der Waals surface area (Å²) in [5, 5.41) is 5.75. The van der Waals surface area contributed by atoms with Crippen LogP contribution in [0, 0.1) is 29.1 Å². The van der Waals surface area contributed by atoms with Crippen molar-refractivity contribution in [3.8, 4) is 0 Å². The first-order valence-corrected chi connectivity index (χ1v) is 15.9. The average molecular weight is 595 g/mol. The van der Waals surface area contributed by atoms with Crippen molar-refractivity contribution in [1.82, 2.24) is 16.1 Å². The first-order valence-electron chi connectivity index (χ1n) is 15.9.